The third-order valence-corrected chi connectivity index (χ3v) is 8.21. The van der Waals surface area contributed by atoms with E-state index in [0.29, 0.717) is 17.0 Å². The van der Waals surface area contributed by atoms with Crippen LogP contribution in [0.5, 0.6) is 5.75 Å². The van der Waals surface area contributed by atoms with Gasteiger partial charge in [0.25, 0.3) is 5.91 Å². The van der Waals surface area contributed by atoms with E-state index in [2.05, 4.69) is 23.1 Å². The van der Waals surface area contributed by atoms with Crippen LogP contribution >= 0.6 is 10.8 Å². The van der Waals surface area contributed by atoms with Crippen molar-refractivity contribution in [3.63, 3.8) is 0 Å². The molecule has 1 amide bonds. The summed E-state index contributed by atoms with van der Waals surface area (Å²) >= 11 is 0. The van der Waals surface area contributed by atoms with Gasteiger partial charge in [-0.05, 0) is 49.4 Å². The lowest BCUT2D eigenvalue weighted by molar-refractivity contribution is 0.0860. The molecule has 2 heterocycles. The Bertz CT molecular complexity index is 1130. The molecule has 32 heavy (non-hydrogen) atoms. The van der Waals surface area contributed by atoms with Crippen LogP contribution in [0.3, 0.4) is 0 Å². The molecule has 3 aromatic rings. The molecule has 0 aromatic heterocycles. The first kappa shape index (κ1) is 21.3. The topological polar surface area (TPSA) is 73.2 Å². The standard InChI is InChI=1S/C25H28N2O4S/c28-25-22-11-3-4-13-24(22)32(29,30)27(25)16-6-5-15-26-17-14-20(18-26)31-23-12-7-9-19-8-1-2-10-21(19)23/h1-4,7-13,20,29-30H,5-6,14-18H2. The summed E-state index contributed by atoms with van der Waals surface area (Å²) in [7, 11) is -3.21. The van der Waals surface area contributed by atoms with E-state index in [1.165, 1.54) is 9.69 Å². The fourth-order valence-corrected chi connectivity index (χ4v) is 6.31. The maximum atomic E-state index is 12.6. The summed E-state index contributed by atoms with van der Waals surface area (Å²) in [5, 5.41) is 2.33. The van der Waals surface area contributed by atoms with Crippen molar-refractivity contribution in [3.8, 4) is 5.75 Å². The van der Waals surface area contributed by atoms with Gasteiger partial charge in [0.1, 0.15) is 11.9 Å². The van der Waals surface area contributed by atoms with Gasteiger partial charge in [-0.3, -0.25) is 18.8 Å². The van der Waals surface area contributed by atoms with E-state index in [0.717, 1.165) is 50.0 Å². The van der Waals surface area contributed by atoms with Crippen molar-refractivity contribution in [1.29, 1.82) is 0 Å². The number of carbonyl (C=O) groups is 1. The Morgan fingerprint density at radius 1 is 0.938 bits per heavy atom. The van der Waals surface area contributed by atoms with Crippen LogP contribution in [0.25, 0.3) is 10.8 Å². The zero-order chi connectivity index (χ0) is 22.1. The number of rotatable bonds is 7. The van der Waals surface area contributed by atoms with Crippen LogP contribution in [0.15, 0.2) is 71.6 Å². The highest BCUT2D eigenvalue weighted by molar-refractivity contribution is 8.23. The summed E-state index contributed by atoms with van der Waals surface area (Å²) in [5.74, 6) is 0.651. The minimum atomic E-state index is -3.21. The summed E-state index contributed by atoms with van der Waals surface area (Å²) in [5.41, 5.74) is 0.403. The zero-order valence-corrected chi connectivity index (χ0v) is 18.7. The molecule has 2 N–H and O–H groups in total. The zero-order valence-electron chi connectivity index (χ0n) is 17.9. The first-order valence-electron chi connectivity index (χ1n) is 11.1. The van der Waals surface area contributed by atoms with Crippen LogP contribution in [-0.2, 0) is 0 Å². The fourth-order valence-electron chi connectivity index (χ4n) is 4.64. The van der Waals surface area contributed by atoms with Crippen LogP contribution in [0.2, 0.25) is 0 Å². The van der Waals surface area contributed by atoms with Crippen molar-refractivity contribution in [1.82, 2.24) is 9.21 Å². The van der Waals surface area contributed by atoms with Gasteiger partial charge in [-0.15, -0.1) is 0 Å². The Kier molecular flexibility index (Phi) is 5.82. The van der Waals surface area contributed by atoms with Crippen molar-refractivity contribution in [2.24, 2.45) is 0 Å². The lowest BCUT2D eigenvalue weighted by Gasteiger charge is -2.37. The highest BCUT2D eigenvalue weighted by atomic mass is 32.3. The van der Waals surface area contributed by atoms with Gasteiger partial charge < -0.3 is 4.74 Å². The largest absolute Gasteiger partial charge is 0.488 e. The third kappa shape index (κ3) is 3.97. The van der Waals surface area contributed by atoms with Gasteiger partial charge >= 0.3 is 0 Å². The predicted octanol–water partition coefficient (Wildman–Crippen LogP) is 5.25. The van der Waals surface area contributed by atoms with E-state index in [4.69, 9.17) is 4.74 Å². The van der Waals surface area contributed by atoms with E-state index in [1.54, 1.807) is 24.3 Å². The number of amides is 1. The molecule has 0 spiro atoms. The second-order valence-electron chi connectivity index (χ2n) is 8.44. The van der Waals surface area contributed by atoms with Gasteiger partial charge in [-0.25, -0.2) is 4.31 Å². The summed E-state index contributed by atoms with van der Waals surface area (Å²) < 4.78 is 28.7. The van der Waals surface area contributed by atoms with Gasteiger partial charge in [0.2, 0.25) is 0 Å². The molecule has 0 saturated carbocycles. The smallest absolute Gasteiger partial charge is 0.274 e. The van der Waals surface area contributed by atoms with Crippen LogP contribution in [0.4, 0.5) is 0 Å². The Balaban J connectivity index is 1.11. The van der Waals surface area contributed by atoms with E-state index >= 15 is 0 Å². The molecule has 3 aromatic carbocycles. The molecule has 168 valence electrons. The summed E-state index contributed by atoms with van der Waals surface area (Å²) in [6.45, 7) is 3.12. The van der Waals surface area contributed by atoms with Crippen molar-refractivity contribution < 1.29 is 18.6 Å². The van der Waals surface area contributed by atoms with Gasteiger partial charge in [0.05, 0.1) is 10.5 Å². The first-order valence-corrected chi connectivity index (χ1v) is 12.6. The van der Waals surface area contributed by atoms with Crippen molar-refractivity contribution in [2.75, 3.05) is 26.2 Å². The molecule has 0 aliphatic carbocycles. The highest BCUT2D eigenvalue weighted by Crippen LogP contribution is 2.58. The summed E-state index contributed by atoms with van der Waals surface area (Å²) in [6, 6.07) is 21.2. The minimum absolute atomic E-state index is 0.169. The molecule has 2 aliphatic heterocycles. The molecule has 1 fully saturated rings. The molecule has 1 unspecified atom stereocenters. The monoisotopic (exact) mass is 452 g/mol. The normalized spacial score (nSPS) is 21.1. The fraction of sp³-hybridized carbons (Fsp3) is 0.320. The summed E-state index contributed by atoms with van der Waals surface area (Å²) in [4.78, 5) is 15.3. The van der Waals surface area contributed by atoms with Crippen molar-refractivity contribution >= 4 is 27.5 Å². The number of carbonyl (C=O) groups excluding carboxylic acids is 1. The number of unbranched alkanes of at least 4 members (excludes halogenated alkanes) is 1. The predicted molar refractivity (Wildman–Crippen MR) is 127 cm³/mol. The van der Waals surface area contributed by atoms with Gasteiger partial charge in [-0.1, -0.05) is 59.3 Å². The Morgan fingerprint density at radius 3 is 2.56 bits per heavy atom. The number of hydrogen-bond acceptors (Lipinski definition) is 5. The van der Waals surface area contributed by atoms with Crippen molar-refractivity contribution in [2.45, 2.75) is 30.3 Å². The van der Waals surface area contributed by atoms with Crippen LogP contribution < -0.4 is 4.74 Å². The molecule has 5 rings (SSSR count). The third-order valence-electron chi connectivity index (χ3n) is 6.30. The first-order chi connectivity index (χ1) is 15.5. The average molecular weight is 453 g/mol. The lowest BCUT2D eigenvalue weighted by atomic mass is 10.1. The van der Waals surface area contributed by atoms with Gasteiger partial charge in [-0.2, -0.15) is 0 Å². The lowest BCUT2D eigenvalue weighted by Crippen LogP contribution is -2.30. The van der Waals surface area contributed by atoms with Crippen LogP contribution in [0.1, 0.15) is 29.6 Å². The molecule has 1 saturated heterocycles. The average Bonchev–Trinajstić information content (AvgIpc) is 3.33. The van der Waals surface area contributed by atoms with Crippen LogP contribution in [0, 0.1) is 0 Å². The van der Waals surface area contributed by atoms with Gasteiger partial charge in [0, 0.05) is 25.0 Å². The minimum Gasteiger partial charge on any atom is -0.488 e. The molecule has 6 nitrogen and oxygen atoms in total. The van der Waals surface area contributed by atoms with Gasteiger partial charge in [0.15, 0.2) is 0 Å². The molecule has 7 heteroatoms. The quantitative estimate of drug-likeness (QED) is 0.479. The molecule has 0 bridgehead atoms. The molecular weight excluding hydrogens is 424 g/mol. The number of benzene rings is 3. The van der Waals surface area contributed by atoms with E-state index < -0.39 is 10.8 Å². The molecule has 2 aliphatic rings. The second kappa shape index (κ2) is 8.75. The number of likely N-dealkylation sites (tertiary alicyclic amines) is 1. The Hall–Kier alpha value is -2.58. The number of nitrogens with zero attached hydrogens (tertiary/aromatic N) is 2. The van der Waals surface area contributed by atoms with E-state index in [9.17, 15) is 13.9 Å². The Morgan fingerprint density at radius 2 is 1.69 bits per heavy atom. The van der Waals surface area contributed by atoms with Crippen molar-refractivity contribution in [3.05, 3.63) is 72.3 Å². The maximum absolute atomic E-state index is 12.6. The highest BCUT2D eigenvalue weighted by Gasteiger charge is 2.40. The maximum Gasteiger partial charge on any atom is 0.274 e. The molecule has 1 atom stereocenters. The van der Waals surface area contributed by atoms with E-state index in [1.807, 2.05) is 24.3 Å². The number of ether oxygens (including phenoxy) is 1. The van der Waals surface area contributed by atoms with Crippen LogP contribution in [-0.4, -0.2) is 56.5 Å². The molecule has 0 radical (unpaired) electrons. The second-order valence-corrected chi connectivity index (χ2v) is 10.4. The number of fused-ring (bicyclic) bond motifs is 2. The SMILES string of the molecule is O=C1c2ccccc2S(O)(O)N1CCCCN1CCC(Oc2cccc3ccccc23)C1. The Labute approximate surface area is 189 Å². The molecular formula is C25H28N2O4S. The van der Waals surface area contributed by atoms with E-state index in [-0.39, 0.29) is 12.0 Å². The number of hydrogen-bond donors (Lipinski definition) is 2. The summed E-state index contributed by atoms with van der Waals surface area (Å²) in [6.07, 6.45) is 2.77.